The highest BCUT2D eigenvalue weighted by Gasteiger charge is 2.24. The van der Waals surface area contributed by atoms with Crippen LogP contribution in [0.1, 0.15) is 44.2 Å². The van der Waals surface area contributed by atoms with Crippen LogP contribution in [-0.2, 0) is 11.2 Å². The normalized spacial score (nSPS) is 19.7. The van der Waals surface area contributed by atoms with Crippen LogP contribution in [0.25, 0.3) is 0 Å². The summed E-state index contributed by atoms with van der Waals surface area (Å²) in [4.78, 5) is 12.6. The van der Waals surface area contributed by atoms with Gasteiger partial charge in [-0.2, -0.15) is 0 Å². The van der Waals surface area contributed by atoms with Crippen molar-refractivity contribution in [2.75, 3.05) is 11.9 Å². The molecule has 1 saturated heterocycles. The van der Waals surface area contributed by atoms with Gasteiger partial charge in [0.15, 0.2) is 0 Å². The minimum Gasteiger partial charge on any atom is -0.378 e. The Morgan fingerprint density at radius 3 is 2.63 bits per heavy atom. The number of nitrogens with one attached hydrogen (secondary N) is 2. The van der Waals surface area contributed by atoms with E-state index in [1.54, 1.807) is 0 Å². The molecular weight excluding hydrogens is 336 g/mol. The summed E-state index contributed by atoms with van der Waals surface area (Å²) in [5, 5.41) is 6.17. The number of ether oxygens (including phenoxy) is 1. The lowest BCUT2D eigenvalue weighted by molar-refractivity contribution is -0.00717. The molecule has 1 aliphatic heterocycles. The van der Waals surface area contributed by atoms with Gasteiger partial charge in [-0.3, -0.25) is 0 Å². The van der Waals surface area contributed by atoms with Crippen molar-refractivity contribution >= 4 is 11.7 Å². The van der Waals surface area contributed by atoms with Gasteiger partial charge >= 0.3 is 6.03 Å². The van der Waals surface area contributed by atoms with Gasteiger partial charge in [0.2, 0.25) is 0 Å². The van der Waals surface area contributed by atoms with Crippen molar-refractivity contribution in [1.82, 2.24) is 5.32 Å². The Kier molecular flexibility index (Phi) is 6.88. The van der Waals surface area contributed by atoms with E-state index in [-0.39, 0.29) is 18.2 Å². The summed E-state index contributed by atoms with van der Waals surface area (Å²) in [5.74, 6) is 0.604. The molecule has 1 heterocycles. The Balaban J connectivity index is 1.58. The smallest absolute Gasteiger partial charge is 0.319 e. The van der Waals surface area contributed by atoms with Gasteiger partial charge in [0.25, 0.3) is 0 Å². The zero-order chi connectivity index (χ0) is 19.1. The van der Waals surface area contributed by atoms with E-state index >= 15 is 0 Å². The van der Waals surface area contributed by atoms with E-state index in [2.05, 4.69) is 42.7 Å². The molecule has 1 fully saturated rings. The van der Waals surface area contributed by atoms with Crippen molar-refractivity contribution in [2.45, 2.75) is 51.7 Å². The van der Waals surface area contributed by atoms with E-state index in [9.17, 15) is 4.79 Å². The molecule has 2 N–H and O–H groups in total. The molecule has 3 rings (SSSR count). The summed E-state index contributed by atoms with van der Waals surface area (Å²) in [6, 6.07) is 18.3. The Labute approximate surface area is 162 Å². The number of carbonyl (C=O) groups is 1. The molecule has 144 valence electrons. The van der Waals surface area contributed by atoms with Crippen LogP contribution in [0, 0.1) is 5.92 Å². The quantitative estimate of drug-likeness (QED) is 0.756. The third-order valence-corrected chi connectivity index (χ3v) is 4.94. The van der Waals surface area contributed by atoms with E-state index in [0.29, 0.717) is 12.5 Å². The van der Waals surface area contributed by atoms with Crippen molar-refractivity contribution in [2.24, 2.45) is 5.92 Å². The number of rotatable bonds is 6. The number of anilines is 1. The lowest BCUT2D eigenvalue weighted by Crippen LogP contribution is -2.44. The molecule has 0 aromatic heterocycles. The molecule has 2 aromatic rings. The maximum Gasteiger partial charge on any atom is 0.319 e. The maximum absolute atomic E-state index is 12.6. The Hall–Kier alpha value is -2.33. The molecule has 0 aliphatic carbocycles. The highest BCUT2D eigenvalue weighted by molar-refractivity contribution is 5.90. The summed E-state index contributed by atoms with van der Waals surface area (Å²) in [6.45, 7) is 5.13. The number of amides is 2. The number of carbonyl (C=O) groups excluding carboxylic acids is 1. The molecule has 0 unspecified atom stereocenters. The largest absolute Gasteiger partial charge is 0.378 e. The predicted octanol–water partition coefficient (Wildman–Crippen LogP) is 4.99. The summed E-state index contributed by atoms with van der Waals surface area (Å²) in [7, 11) is 0. The van der Waals surface area contributed by atoms with Crippen LogP contribution in [-0.4, -0.2) is 24.8 Å². The number of hydrogen-bond acceptors (Lipinski definition) is 2. The van der Waals surface area contributed by atoms with Crippen molar-refractivity contribution in [3.8, 4) is 0 Å². The van der Waals surface area contributed by atoms with Crippen molar-refractivity contribution < 1.29 is 9.53 Å². The first kappa shape index (κ1) is 19.4. The molecule has 0 bridgehead atoms. The summed E-state index contributed by atoms with van der Waals surface area (Å²) in [5.41, 5.74) is 3.21. The lowest BCUT2D eigenvalue weighted by atomic mass is 9.96. The van der Waals surface area contributed by atoms with Gasteiger partial charge in [-0.25, -0.2) is 4.79 Å². The fraction of sp³-hybridized carbons (Fsp3) is 0.435. The average molecular weight is 367 g/mol. The second-order valence-electron chi connectivity index (χ2n) is 7.76. The Morgan fingerprint density at radius 2 is 1.85 bits per heavy atom. The summed E-state index contributed by atoms with van der Waals surface area (Å²) >= 11 is 0. The molecule has 2 atom stereocenters. The fourth-order valence-electron chi connectivity index (χ4n) is 3.66. The van der Waals surface area contributed by atoms with E-state index in [4.69, 9.17) is 4.74 Å². The Bertz CT molecular complexity index is 730. The van der Waals surface area contributed by atoms with Gasteiger partial charge in [0, 0.05) is 18.3 Å². The van der Waals surface area contributed by atoms with Crippen LogP contribution in [0.15, 0.2) is 54.6 Å². The summed E-state index contributed by atoms with van der Waals surface area (Å²) in [6.07, 6.45) is 3.84. The van der Waals surface area contributed by atoms with Crippen LogP contribution in [0.4, 0.5) is 10.5 Å². The first-order valence-corrected chi connectivity index (χ1v) is 9.91. The molecule has 0 radical (unpaired) electrons. The first-order valence-electron chi connectivity index (χ1n) is 9.91. The van der Waals surface area contributed by atoms with E-state index in [0.717, 1.165) is 36.9 Å². The van der Waals surface area contributed by atoms with Crippen LogP contribution < -0.4 is 10.6 Å². The van der Waals surface area contributed by atoms with E-state index in [1.165, 1.54) is 5.56 Å². The third kappa shape index (κ3) is 6.10. The average Bonchev–Trinajstić information content (AvgIpc) is 2.64. The second-order valence-corrected chi connectivity index (χ2v) is 7.76. The van der Waals surface area contributed by atoms with E-state index in [1.807, 2.05) is 36.4 Å². The SMILES string of the molecule is CC(C)C[C@H]1C[C@H](NC(=O)Nc2ccccc2Cc2ccccc2)CCO1. The van der Waals surface area contributed by atoms with Crippen LogP contribution >= 0.6 is 0 Å². The summed E-state index contributed by atoms with van der Waals surface area (Å²) < 4.78 is 5.83. The second kappa shape index (κ2) is 9.56. The highest BCUT2D eigenvalue weighted by atomic mass is 16.5. The van der Waals surface area contributed by atoms with Crippen LogP contribution in [0.5, 0.6) is 0 Å². The van der Waals surface area contributed by atoms with Crippen LogP contribution in [0.3, 0.4) is 0 Å². The maximum atomic E-state index is 12.6. The van der Waals surface area contributed by atoms with Gasteiger partial charge in [0.1, 0.15) is 0 Å². The van der Waals surface area contributed by atoms with Gasteiger partial charge in [-0.1, -0.05) is 62.4 Å². The molecular formula is C23H30N2O2. The third-order valence-electron chi connectivity index (χ3n) is 4.94. The molecule has 1 aliphatic rings. The van der Waals surface area contributed by atoms with E-state index < -0.39 is 0 Å². The van der Waals surface area contributed by atoms with Crippen LogP contribution in [0.2, 0.25) is 0 Å². The fourth-order valence-corrected chi connectivity index (χ4v) is 3.66. The topological polar surface area (TPSA) is 50.4 Å². The van der Waals surface area contributed by atoms with Gasteiger partial charge in [-0.05, 0) is 48.8 Å². The molecule has 0 saturated carbocycles. The number of benzene rings is 2. The van der Waals surface area contributed by atoms with Crippen molar-refractivity contribution in [3.63, 3.8) is 0 Å². The lowest BCUT2D eigenvalue weighted by Gasteiger charge is -2.31. The zero-order valence-electron chi connectivity index (χ0n) is 16.3. The highest BCUT2D eigenvalue weighted by Crippen LogP contribution is 2.21. The van der Waals surface area contributed by atoms with Gasteiger partial charge in [0.05, 0.1) is 6.10 Å². The minimum absolute atomic E-state index is 0.134. The van der Waals surface area contributed by atoms with Gasteiger partial charge in [-0.15, -0.1) is 0 Å². The molecule has 4 nitrogen and oxygen atoms in total. The predicted molar refractivity (Wildman–Crippen MR) is 110 cm³/mol. The molecule has 2 aromatic carbocycles. The number of hydrogen-bond donors (Lipinski definition) is 2. The minimum atomic E-state index is -0.134. The number of para-hydroxylation sites is 1. The number of urea groups is 1. The first-order chi connectivity index (χ1) is 13.1. The molecule has 2 amide bonds. The molecule has 4 heteroatoms. The standard InChI is InChI=1S/C23H30N2O2/c1-17(2)14-21-16-20(12-13-27-21)24-23(26)25-22-11-7-6-10-19(22)15-18-8-4-3-5-9-18/h3-11,17,20-21H,12-16H2,1-2H3,(H2,24,25,26)/t20-,21+/m1/s1. The van der Waals surface area contributed by atoms with Gasteiger partial charge < -0.3 is 15.4 Å². The zero-order valence-corrected chi connectivity index (χ0v) is 16.3. The van der Waals surface area contributed by atoms with Crippen molar-refractivity contribution in [3.05, 3.63) is 65.7 Å². The Morgan fingerprint density at radius 1 is 1.11 bits per heavy atom. The molecule has 0 spiro atoms. The molecule has 27 heavy (non-hydrogen) atoms. The monoisotopic (exact) mass is 366 g/mol. The van der Waals surface area contributed by atoms with Crippen molar-refractivity contribution in [1.29, 1.82) is 0 Å².